The van der Waals surface area contributed by atoms with Crippen LogP contribution in [0.3, 0.4) is 0 Å². The third-order valence-electron chi connectivity index (χ3n) is 3.25. The molecule has 108 valence electrons. The van der Waals surface area contributed by atoms with E-state index in [2.05, 4.69) is 10.6 Å². The molecule has 0 aliphatic rings. The summed E-state index contributed by atoms with van der Waals surface area (Å²) in [6.07, 6.45) is 0. The Bertz CT molecular complexity index is 638. The van der Waals surface area contributed by atoms with Crippen molar-refractivity contribution in [2.45, 2.75) is 19.9 Å². The van der Waals surface area contributed by atoms with Gasteiger partial charge < -0.3 is 10.6 Å². The molecule has 1 atom stereocenters. The predicted molar refractivity (Wildman–Crippen MR) is 82.8 cm³/mol. The van der Waals surface area contributed by atoms with E-state index >= 15 is 0 Å². The number of para-hydroxylation sites is 1. The summed E-state index contributed by atoms with van der Waals surface area (Å²) in [5.41, 5.74) is 2.51. The summed E-state index contributed by atoms with van der Waals surface area (Å²) in [7, 11) is 0. The first-order valence-corrected chi connectivity index (χ1v) is 6.80. The van der Waals surface area contributed by atoms with E-state index in [0.29, 0.717) is 5.69 Å². The molecule has 2 amide bonds. The summed E-state index contributed by atoms with van der Waals surface area (Å²) in [6, 6.07) is 16.6. The van der Waals surface area contributed by atoms with E-state index in [4.69, 9.17) is 0 Å². The van der Waals surface area contributed by atoms with E-state index in [1.165, 1.54) is 0 Å². The molecule has 4 heteroatoms. The van der Waals surface area contributed by atoms with Crippen LogP contribution in [0.1, 0.15) is 24.1 Å². The molecule has 4 nitrogen and oxygen atoms in total. The molecule has 2 rings (SSSR count). The molecule has 0 saturated heterocycles. The van der Waals surface area contributed by atoms with Gasteiger partial charge in [0.15, 0.2) is 0 Å². The van der Waals surface area contributed by atoms with Crippen molar-refractivity contribution in [1.29, 1.82) is 0 Å². The van der Waals surface area contributed by atoms with Crippen LogP contribution in [-0.2, 0) is 9.59 Å². The Hall–Kier alpha value is -2.62. The average Bonchev–Trinajstić information content (AvgIpc) is 2.50. The second-order valence-electron chi connectivity index (χ2n) is 4.87. The zero-order valence-electron chi connectivity index (χ0n) is 12.1. The highest BCUT2D eigenvalue weighted by atomic mass is 16.2. The Morgan fingerprint density at radius 1 is 0.905 bits per heavy atom. The van der Waals surface area contributed by atoms with Crippen molar-refractivity contribution in [2.24, 2.45) is 0 Å². The predicted octanol–water partition coefficient (Wildman–Crippen LogP) is 2.81. The van der Waals surface area contributed by atoms with Gasteiger partial charge in [-0.25, -0.2) is 0 Å². The maximum Gasteiger partial charge on any atom is 0.313 e. The maximum absolute atomic E-state index is 11.9. The molecule has 0 aliphatic carbocycles. The maximum atomic E-state index is 11.9. The summed E-state index contributed by atoms with van der Waals surface area (Å²) in [6.45, 7) is 3.72. The Balaban J connectivity index is 1.97. The van der Waals surface area contributed by atoms with E-state index in [0.717, 1.165) is 11.1 Å². The van der Waals surface area contributed by atoms with Gasteiger partial charge in [0.2, 0.25) is 0 Å². The van der Waals surface area contributed by atoms with Gasteiger partial charge in [-0.2, -0.15) is 0 Å². The highest BCUT2D eigenvalue weighted by molar-refractivity contribution is 6.39. The monoisotopic (exact) mass is 282 g/mol. The number of hydrogen-bond acceptors (Lipinski definition) is 2. The van der Waals surface area contributed by atoms with Crippen LogP contribution < -0.4 is 10.6 Å². The minimum absolute atomic E-state index is 0.221. The zero-order valence-corrected chi connectivity index (χ0v) is 12.1. The van der Waals surface area contributed by atoms with Gasteiger partial charge in [0.05, 0.1) is 6.04 Å². The molecule has 2 aromatic carbocycles. The molecule has 0 fully saturated rings. The van der Waals surface area contributed by atoms with Gasteiger partial charge in [-0.3, -0.25) is 9.59 Å². The smallest absolute Gasteiger partial charge is 0.313 e. The van der Waals surface area contributed by atoms with E-state index in [9.17, 15) is 9.59 Å². The molecule has 0 heterocycles. The van der Waals surface area contributed by atoms with Crippen LogP contribution >= 0.6 is 0 Å². The molecule has 0 aliphatic heterocycles. The average molecular weight is 282 g/mol. The number of carbonyl (C=O) groups is 2. The first-order valence-electron chi connectivity index (χ1n) is 6.80. The molecular formula is C17H18N2O2. The first-order chi connectivity index (χ1) is 10.1. The van der Waals surface area contributed by atoms with E-state index in [1.807, 2.05) is 62.4 Å². The Morgan fingerprint density at radius 2 is 1.52 bits per heavy atom. The SMILES string of the molecule is Cc1ccccc1NC(=O)C(=O)NC(C)c1ccccc1. The lowest BCUT2D eigenvalue weighted by Crippen LogP contribution is -2.37. The van der Waals surface area contributed by atoms with Crippen molar-refractivity contribution in [3.8, 4) is 0 Å². The molecule has 0 aromatic heterocycles. The minimum Gasteiger partial charge on any atom is -0.341 e. The number of amides is 2. The number of carbonyl (C=O) groups excluding carboxylic acids is 2. The number of hydrogen-bond donors (Lipinski definition) is 2. The van der Waals surface area contributed by atoms with Gasteiger partial charge >= 0.3 is 11.8 Å². The van der Waals surface area contributed by atoms with Gasteiger partial charge in [0, 0.05) is 5.69 Å². The fraction of sp³-hybridized carbons (Fsp3) is 0.176. The molecule has 0 radical (unpaired) electrons. The molecule has 1 unspecified atom stereocenters. The summed E-state index contributed by atoms with van der Waals surface area (Å²) >= 11 is 0. The highest BCUT2D eigenvalue weighted by Crippen LogP contribution is 2.14. The third kappa shape index (κ3) is 3.92. The van der Waals surface area contributed by atoms with Crippen molar-refractivity contribution >= 4 is 17.5 Å². The van der Waals surface area contributed by atoms with Crippen LogP contribution in [0, 0.1) is 6.92 Å². The topological polar surface area (TPSA) is 58.2 Å². The molecule has 0 saturated carbocycles. The van der Waals surface area contributed by atoms with Crippen LogP contribution in [0.2, 0.25) is 0 Å². The Labute approximate surface area is 124 Å². The summed E-state index contributed by atoms with van der Waals surface area (Å²) in [5.74, 6) is -1.30. The minimum atomic E-state index is -0.660. The van der Waals surface area contributed by atoms with Gasteiger partial charge in [0.25, 0.3) is 0 Å². The lowest BCUT2D eigenvalue weighted by molar-refractivity contribution is -0.136. The zero-order chi connectivity index (χ0) is 15.2. The molecule has 2 aromatic rings. The van der Waals surface area contributed by atoms with Gasteiger partial charge in [-0.1, -0.05) is 48.5 Å². The third-order valence-corrected chi connectivity index (χ3v) is 3.25. The van der Waals surface area contributed by atoms with Gasteiger partial charge in [-0.15, -0.1) is 0 Å². The lowest BCUT2D eigenvalue weighted by atomic mass is 10.1. The first kappa shape index (κ1) is 14.8. The number of rotatable bonds is 3. The van der Waals surface area contributed by atoms with Gasteiger partial charge in [0.1, 0.15) is 0 Å². The van der Waals surface area contributed by atoms with Crippen LogP contribution in [0.4, 0.5) is 5.69 Å². The van der Waals surface area contributed by atoms with Crippen molar-refractivity contribution < 1.29 is 9.59 Å². The van der Waals surface area contributed by atoms with Crippen LogP contribution in [-0.4, -0.2) is 11.8 Å². The number of aryl methyl sites for hydroxylation is 1. The molecular weight excluding hydrogens is 264 g/mol. The van der Waals surface area contributed by atoms with Crippen LogP contribution in [0.15, 0.2) is 54.6 Å². The van der Waals surface area contributed by atoms with Crippen molar-refractivity contribution in [3.05, 3.63) is 65.7 Å². The fourth-order valence-electron chi connectivity index (χ4n) is 1.98. The molecule has 0 bridgehead atoms. The van der Waals surface area contributed by atoms with Crippen molar-refractivity contribution in [1.82, 2.24) is 5.32 Å². The van der Waals surface area contributed by atoms with E-state index < -0.39 is 11.8 Å². The highest BCUT2D eigenvalue weighted by Gasteiger charge is 2.17. The molecule has 0 spiro atoms. The summed E-state index contributed by atoms with van der Waals surface area (Å²) < 4.78 is 0. The van der Waals surface area contributed by atoms with E-state index in [-0.39, 0.29) is 6.04 Å². The number of anilines is 1. The lowest BCUT2D eigenvalue weighted by Gasteiger charge is -2.14. The molecule has 21 heavy (non-hydrogen) atoms. The number of nitrogens with one attached hydrogen (secondary N) is 2. The standard InChI is InChI=1S/C17H18N2O2/c1-12-8-6-7-11-15(12)19-17(21)16(20)18-13(2)14-9-4-3-5-10-14/h3-11,13H,1-2H3,(H,18,20)(H,19,21). The van der Waals surface area contributed by atoms with Crippen molar-refractivity contribution in [3.63, 3.8) is 0 Å². The largest absolute Gasteiger partial charge is 0.341 e. The number of benzene rings is 2. The normalized spacial score (nSPS) is 11.5. The molecule has 2 N–H and O–H groups in total. The van der Waals surface area contributed by atoms with E-state index in [1.54, 1.807) is 6.07 Å². The second-order valence-corrected chi connectivity index (χ2v) is 4.87. The van der Waals surface area contributed by atoms with Gasteiger partial charge in [-0.05, 0) is 31.0 Å². The quantitative estimate of drug-likeness (QED) is 0.850. The summed E-state index contributed by atoms with van der Waals surface area (Å²) in [4.78, 5) is 23.8. The van der Waals surface area contributed by atoms with Crippen molar-refractivity contribution in [2.75, 3.05) is 5.32 Å². The van der Waals surface area contributed by atoms with Crippen LogP contribution in [0.25, 0.3) is 0 Å². The van der Waals surface area contributed by atoms with Crippen LogP contribution in [0.5, 0.6) is 0 Å². The Kier molecular flexibility index (Phi) is 4.72. The summed E-state index contributed by atoms with van der Waals surface area (Å²) in [5, 5.41) is 5.30. The Morgan fingerprint density at radius 3 is 2.19 bits per heavy atom. The fourth-order valence-corrected chi connectivity index (χ4v) is 1.98. The second kappa shape index (κ2) is 6.70.